The quantitative estimate of drug-likeness (QED) is 0.789. The zero-order valence-corrected chi connectivity index (χ0v) is 12.6. The molecule has 20 heavy (non-hydrogen) atoms. The number of rotatable bonds is 2. The van der Waals surface area contributed by atoms with Gasteiger partial charge in [0, 0.05) is 15.4 Å². The number of amides is 1. The van der Waals surface area contributed by atoms with E-state index in [-0.39, 0.29) is 11.9 Å². The summed E-state index contributed by atoms with van der Waals surface area (Å²) in [4.78, 5) is 15.4. The average Bonchev–Trinajstić information content (AvgIpc) is 2.84. The van der Waals surface area contributed by atoms with Crippen LogP contribution in [-0.2, 0) is 0 Å². The molecule has 1 heterocycles. The molecule has 1 saturated carbocycles. The lowest BCUT2D eigenvalue weighted by Crippen LogP contribution is -2.45. The van der Waals surface area contributed by atoms with E-state index in [0.717, 1.165) is 41.1 Å². The second-order valence-corrected chi connectivity index (χ2v) is 6.26. The summed E-state index contributed by atoms with van der Waals surface area (Å²) in [5.74, 6) is -0.150. The molecule has 0 bridgehead atoms. The highest BCUT2D eigenvalue weighted by atomic mass is 79.9. The summed E-state index contributed by atoms with van der Waals surface area (Å²) in [6, 6.07) is 7.55. The number of aromatic nitrogens is 1. The van der Waals surface area contributed by atoms with Crippen LogP contribution in [0.4, 0.5) is 0 Å². The second kappa shape index (κ2) is 5.58. The molecule has 2 atom stereocenters. The van der Waals surface area contributed by atoms with E-state index >= 15 is 0 Å². The molecular formula is C15H17BrN2O2. The number of benzene rings is 1. The summed E-state index contributed by atoms with van der Waals surface area (Å²) in [6.45, 7) is 0. The van der Waals surface area contributed by atoms with Gasteiger partial charge in [-0.05, 0) is 37.1 Å². The van der Waals surface area contributed by atoms with Crippen molar-refractivity contribution in [2.75, 3.05) is 0 Å². The minimum atomic E-state index is -0.425. The van der Waals surface area contributed by atoms with Crippen molar-refractivity contribution in [3.8, 4) is 0 Å². The molecular weight excluding hydrogens is 320 g/mol. The van der Waals surface area contributed by atoms with Gasteiger partial charge in [0.1, 0.15) is 5.69 Å². The summed E-state index contributed by atoms with van der Waals surface area (Å²) in [6.07, 6.45) is 3.28. The van der Waals surface area contributed by atoms with Crippen LogP contribution >= 0.6 is 15.9 Å². The average molecular weight is 337 g/mol. The van der Waals surface area contributed by atoms with E-state index in [2.05, 4.69) is 26.2 Å². The molecule has 3 rings (SSSR count). The van der Waals surface area contributed by atoms with E-state index in [0.29, 0.717) is 5.69 Å². The molecule has 3 N–H and O–H groups in total. The lowest BCUT2D eigenvalue weighted by Gasteiger charge is -2.28. The third kappa shape index (κ3) is 2.74. The number of aromatic amines is 1. The lowest BCUT2D eigenvalue weighted by molar-refractivity contribution is 0.0714. The Kier molecular flexibility index (Phi) is 3.81. The number of H-pyrrole nitrogens is 1. The van der Waals surface area contributed by atoms with Gasteiger partial charge in [-0.2, -0.15) is 0 Å². The molecule has 1 aromatic heterocycles. The first-order valence-corrected chi connectivity index (χ1v) is 7.70. The molecule has 0 aliphatic heterocycles. The Hall–Kier alpha value is -1.33. The van der Waals surface area contributed by atoms with E-state index in [9.17, 15) is 9.90 Å². The highest BCUT2D eigenvalue weighted by Gasteiger charge is 2.25. The van der Waals surface area contributed by atoms with Crippen LogP contribution in [0.2, 0.25) is 0 Å². The zero-order valence-electron chi connectivity index (χ0n) is 11.0. The van der Waals surface area contributed by atoms with Crippen LogP contribution in [0.25, 0.3) is 10.9 Å². The van der Waals surface area contributed by atoms with Gasteiger partial charge in [0.15, 0.2) is 0 Å². The van der Waals surface area contributed by atoms with Gasteiger partial charge >= 0.3 is 0 Å². The number of aliphatic hydroxyl groups is 1. The summed E-state index contributed by atoms with van der Waals surface area (Å²) in [5, 5.41) is 13.8. The van der Waals surface area contributed by atoms with Crippen LogP contribution < -0.4 is 5.32 Å². The Morgan fingerprint density at radius 1 is 1.30 bits per heavy atom. The van der Waals surface area contributed by atoms with E-state index in [1.165, 1.54) is 0 Å². The van der Waals surface area contributed by atoms with E-state index in [1.54, 1.807) is 0 Å². The summed E-state index contributed by atoms with van der Waals surface area (Å²) in [5.41, 5.74) is 1.47. The maximum absolute atomic E-state index is 12.2. The molecule has 0 radical (unpaired) electrons. The van der Waals surface area contributed by atoms with Crippen molar-refractivity contribution in [2.45, 2.75) is 37.8 Å². The predicted octanol–water partition coefficient (Wildman–Crippen LogP) is 2.96. The lowest BCUT2D eigenvalue weighted by atomic mass is 9.92. The first kappa shape index (κ1) is 13.6. The van der Waals surface area contributed by atoms with E-state index in [1.807, 2.05) is 24.3 Å². The number of aliphatic hydroxyl groups excluding tert-OH is 1. The third-order valence-electron chi connectivity index (χ3n) is 3.87. The van der Waals surface area contributed by atoms with Gasteiger partial charge in [-0.1, -0.05) is 28.8 Å². The number of hydrogen-bond donors (Lipinski definition) is 3. The van der Waals surface area contributed by atoms with E-state index in [4.69, 9.17) is 0 Å². The normalized spacial score (nSPS) is 22.9. The van der Waals surface area contributed by atoms with Crippen molar-refractivity contribution < 1.29 is 9.90 Å². The molecule has 1 aromatic carbocycles. The minimum absolute atomic E-state index is 0.130. The fourth-order valence-corrected chi connectivity index (χ4v) is 3.13. The Labute approximate surface area is 125 Å². The van der Waals surface area contributed by atoms with Crippen LogP contribution in [0, 0.1) is 0 Å². The molecule has 5 heteroatoms. The summed E-state index contributed by atoms with van der Waals surface area (Å²) < 4.78 is 0.985. The molecule has 0 saturated heterocycles. The summed E-state index contributed by atoms with van der Waals surface area (Å²) >= 11 is 3.42. The van der Waals surface area contributed by atoms with Gasteiger partial charge in [-0.25, -0.2) is 0 Å². The highest BCUT2D eigenvalue weighted by molar-refractivity contribution is 9.10. The van der Waals surface area contributed by atoms with E-state index < -0.39 is 6.10 Å². The van der Waals surface area contributed by atoms with Gasteiger partial charge in [0.05, 0.1) is 12.1 Å². The van der Waals surface area contributed by atoms with Crippen LogP contribution in [0.3, 0.4) is 0 Å². The maximum atomic E-state index is 12.2. The molecule has 106 valence electrons. The topological polar surface area (TPSA) is 65.1 Å². The standard InChI is InChI=1S/C15H17BrN2O2/c16-10-5-6-11-9(7-10)8-13(17-11)15(20)18-12-3-1-2-4-14(12)19/h5-8,12,14,17,19H,1-4H2,(H,18,20). The second-order valence-electron chi connectivity index (χ2n) is 5.35. The molecule has 2 unspecified atom stereocenters. The fraction of sp³-hybridized carbons (Fsp3) is 0.400. The number of hydrogen-bond acceptors (Lipinski definition) is 2. The van der Waals surface area contributed by atoms with Crippen LogP contribution in [0.15, 0.2) is 28.7 Å². The Morgan fingerprint density at radius 2 is 2.10 bits per heavy atom. The molecule has 1 aliphatic carbocycles. The van der Waals surface area contributed by atoms with Crippen LogP contribution in [0.5, 0.6) is 0 Å². The molecule has 1 fully saturated rings. The Bertz CT molecular complexity index is 638. The van der Waals surface area contributed by atoms with Gasteiger partial charge in [0.25, 0.3) is 5.91 Å². The van der Waals surface area contributed by atoms with Crippen molar-refractivity contribution in [2.24, 2.45) is 0 Å². The third-order valence-corrected chi connectivity index (χ3v) is 4.37. The van der Waals surface area contributed by atoms with Crippen molar-refractivity contribution in [1.29, 1.82) is 0 Å². The van der Waals surface area contributed by atoms with Crippen molar-refractivity contribution in [3.05, 3.63) is 34.4 Å². The van der Waals surface area contributed by atoms with Crippen LogP contribution in [0.1, 0.15) is 36.2 Å². The smallest absolute Gasteiger partial charge is 0.268 e. The van der Waals surface area contributed by atoms with Gasteiger partial charge in [-0.15, -0.1) is 0 Å². The zero-order chi connectivity index (χ0) is 14.1. The first-order chi connectivity index (χ1) is 9.63. The first-order valence-electron chi connectivity index (χ1n) is 6.91. The predicted molar refractivity (Wildman–Crippen MR) is 81.7 cm³/mol. The van der Waals surface area contributed by atoms with Gasteiger partial charge < -0.3 is 15.4 Å². The number of fused-ring (bicyclic) bond motifs is 1. The molecule has 1 aliphatic rings. The van der Waals surface area contributed by atoms with Crippen molar-refractivity contribution in [1.82, 2.24) is 10.3 Å². The highest BCUT2D eigenvalue weighted by Crippen LogP contribution is 2.22. The fourth-order valence-electron chi connectivity index (χ4n) is 2.75. The number of carbonyl (C=O) groups is 1. The number of carbonyl (C=O) groups excluding carboxylic acids is 1. The maximum Gasteiger partial charge on any atom is 0.268 e. The van der Waals surface area contributed by atoms with Crippen LogP contribution in [-0.4, -0.2) is 28.1 Å². The van der Waals surface area contributed by atoms with Crippen molar-refractivity contribution >= 4 is 32.7 Å². The SMILES string of the molecule is O=C(NC1CCCCC1O)c1cc2cc(Br)ccc2[nH]1. The molecule has 4 nitrogen and oxygen atoms in total. The number of nitrogens with one attached hydrogen (secondary N) is 2. The van der Waals surface area contributed by atoms with Gasteiger partial charge in [0.2, 0.25) is 0 Å². The molecule has 1 amide bonds. The number of halogens is 1. The Balaban J connectivity index is 1.78. The monoisotopic (exact) mass is 336 g/mol. The molecule has 2 aromatic rings. The Morgan fingerprint density at radius 3 is 2.90 bits per heavy atom. The van der Waals surface area contributed by atoms with Gasteiger partial charge in [-0.3, -0.25) is 4.79 Å². The van der Waals surface area contributed by atoms with Crippen molar-refractivity contribution in [3.63, 3.8) is 0 Å². The summed E-state index contributed by atoms with van der Waals surface area (Å²) in [7, 11) is 0. The molecule has 0 spiro atoms. The largest absolute Gasteiger partial charge is 0.391 e. The minimum Gasteiger partial charge on any atom is -0.391 e.